The van der Waals surface area contributed by atoms with Crippen molar-refractivity contribution >= 4 is 53.4 Å². The molecule has 0 aliphatic heterocycles. The zero-order chi connectivity index (χ0) is 72.7. The first-order chi connectivity index (χ1) is 54.5. The second-order valence-electron chi connectivity index (χ2n) is 30.4. The van der Waals surface area contributed by atoms with E-state index < -0.39 is 0 Å². The summed E-state index contributed by atoms with van der Waals surface area (Å²) in [5, 5.41) is 4.74. The van der Waals surface area contributed by atoms with Crippen LogP contribution in [0.3, 0.4) is 0 Å². The van der Waals surface area contributed by atoms with Crippen LogP contribution < -0.4 is 0 Å². The van der Waals surface area contributed by atoms with Crippen LogP contribution in [0.15, 0.2) is 344 Å². The van der Waals surface area contributed by atoms with Gasteiger partial charge in [-0.25, -0.2) is 19.9 Å². The highest BCUT2D eigenvalue weighted by Crippen LogP contribution is 2.59. The maximum atomic E-state index is 7.02. The van der Waals surface area contributed by atoms with E-state index in [1.165, 1.54) is 168 Å². The van der Waals surface area contributed by atoms with E-state index in [1.54, 1.807) is 0 Å². The normalized spacial score (nSPS) is 14.3. The molecule has 110 heavy (non-hydrogen) atoms. The number of para-hydroxylation sites is 2. The number of thiophene rings is 1. The molecule has 524 valence electrons. The van der Waals surface area contributed by atoms with Gasteiger partial charge < -0.3 is 4.42 Å². The molecule has 2 spiro atoms. The third-order valence-corrected chi connectivity index (χ3v) is 25.6. The van der Waals surface area contributed by atoms with Crippen LogP contribution in [-0.2, 0) is 10.8 Å². The van der Waals surface area contributed by atoms with Crippen molar-refractivity contribution in [2.45, 2.75) is 75.0 Å². The van der Waals surface area contributed by atoms with Crippen LogP contribution in [0.2, 0.25) is 0 Å². The molecule has 14 aromatic carbocycles. The molecule has 0 atom stereocenters. The summed E-state index contributed by atoms with van der Waals surface area (Å²) < 4.78 is 9.59. The van der Waals surface area contributed by atoms with Crippen molar-refractivity contribution < 1.29 is 4.42 Å². The Kier molecular flexibility index (Phi) is 16.2. The van der Waals surface area contributed by atoms with Gasteiger partial charge in [0.05, 0.1) is 22.8 Å². The lowest BCUT2D eigenvalue weighted by Crippen LogP contribution is -2.27. The minimum Gasteiger partial charge on any atom is -0.455 e. The van der Waals surface area contributed by atoms with Crippen LogP contribution in [0.25, 0.3) is 177 Å². The van der Waals surface area contributed by atoms with Crippen LogP contribution in [0.4, 0.5) is 0 Å². The lowest BCUT2D eigenvalue weighted by atomic mass is 9.68. The summed E-state index contributed by atoms with van der Waals surface area (Å²) in [7, 11) is 0. The summed E-state index contributed by atoms with van der Waals surface area (Å²) in [6.07, 6.45) is 12.8. The number of hydrogen-bond acceptors (Lipinski definition) is 6. The maximum absolute atomic E-state index is 7.02. The predicted octanol–water partition coefficient (Wildman–Crippen LogP) is 28.4. The number of furan rings is 1. The Morgan fingerprint density at radius 3 is 1.03 bits per heavy atom. The van der Waals surface area contributed by atoms with Crippen LogP contribution >= 0.6 is 11.3 Å². The van der Waals surface area contributed by atoms with E-state index in [-0.39, 0.29) is 10.8 Å². The highest BCUT2D eigenvalue weighted by atomic mass is 32.1. The minimum atomic E-state index is 0.141. The lowest BCUT2D eigenvalue weighted by molar-refractivity contribution is 0.353. The molecule has 0 radical (unpaired) electrons. The van der Waals surface area contributed by atoms with Gasteiger partial charge in [-0.3, -0.25) is 0 Å². The molecule has 5 nitrogen and oxygen atoms in total. The molecule has 4 aromatic heterocycles. The van der Waals surface area contributed by atoms with Gasteiger partial charge in [-0.05, 0) is 139 Å². The Bertz CT molecular complexity index is 6170. The molecule has 4 aliphatic rings. The third-order valence-electron chi connectivity index (χ3n) is 24.3. The highest BCUT2D eigenvalue weighted by molar-refractivity contribution is 7.26. The van der Waals surface area contributed by atoms with Crippen molar-refractivity contribution in [1.82, 2.24) is 19.9 Å². The van der Waals surface area contributed by atoms with E-state index in [2.05, 4.69) is 309 Å². The summed E-state index contributed by atoms with van der Waals surface area (Å²) in [4.78, 5) is 20.7. The van der Waals surface area contributed by atoms with Gasteiger partial charge >= 0.3 is 0 Å². The number of nitrogens with zero attached hydrogens (tertiary/aromatic N) is 4. The van der Waals surface area contributed by atoms with Crippen LogP contribution in [0.5, 0.6) is 0 Å². The first kappa shape index (κ1) is 65.5. The lowest BCUT2D eigenvalue weighted by Gasteiger charge is -2.36. The number of rotatable bonds is 10. The van der Waals surface area contributed by atoms with Gasteiger partial charge in [0.2, 0.25) is 0 Å². The quantitative estimate of drug-likeness (QED) is 0.137. The van der Waals surface area contributed by atoms with E-state index in [4.69, 9.17) is 24.4 Å². The fourth-order valence-electron chi connectivity index (χ4n) is 19.0. The monoisotopic (exact) mass is 1430 g/mol. The Labute approximate surface area is 645 Å². The molecule has 22 rings (SSSR count). The molecule has 0 N–H and O–H groups in total. The standard InChI is InChI=1S/C52H38N2O.C52H38N2S/c2*1-4-14-34(15-5-1)35-24-26-36(27-25-35)47-33-48(54-51(53-47)37-16-6-2-7-17-37)43-22-13-21-42-41-20-12-19-39(49(41)55-50(42)43)38-28-29-46-44(32-38)40-18-8-9-23-45(40)52(46)30-10-3-11-31-52/h2*1-2,4-9,12-29,32-33H,3,10-11,30-31H2. The molecule has 4 heterocycles. The molecule has 18 aromatic rings. The van der Waals surface area contributed by atoms with Crippen molar-refractivity contribution in [3.8, 4) is 135 Å². The molecular weight excluding hydrogens is 1350 g/mol. The average molecular weight is 1430 g/mol. The van der Waals surface area contributed by atoms with Crippen LogP contribution in [0, 0.1) is 0 Å². The highest BCUT2D eigenvalue weighted by Gasteiger charge is 2.45. The van der Waals surface area contributed by atoms with Gasteiger partial charge in [0, 0.05) is 80.7 Å². The fourth-order valence-corrected chi connectivity index (χ4v) is 20.3. The van der Waals surface area contributed by atoms with E-state index in [1.807, 2.05) is 41.7 Å². The van der Waals surface area contributed by atoms with E-state index in [0.717, 1.165) is 89.5 Å². The van der Waals surface area contributed by atoms with Crippen LogP contribution in [0.1, 0.15) is 86.5 Å². The van der Waals surface area contributed by atoms with Crippen molar-refractivity contribution in [3.05, 3.63) is 362 Å². The van der Waals surface area contributed by atoms with Crippen molar-refractivity contribution in [3.63, 3.8) is 0 Å². The SMILES string of the molecule is c1ccc(-c2ccc(-c3cc(-c4cccc5c4oc4c(-c6ccc7c(c6)-c6ccccc6C76CCCCC6)cccc45)nc(-c4ccccc4)n3)cc2)cc1.c1ccc(-c2ccc(-c3cc(-c4cccc5c4sc4c(-c6ccc7c(c6)-c6ccccc6C76CCCCC6)cccc45)nc(-c4ccccc4)n3)cc2)cc1. The zero-order valence-corrected chi connectivity index (χ0v) is 61.8. The Morgan fingerprint density at radius 2 is 0.545 bits per heavy atom. The van der Waals surface area contributed by atoms with Crippen molar-refractivity contribution in [2.75, 3.05) is 0 Å². The summed E-state index contributed by atoms with van der Waals surface area (Å²) in [5.41, 5.74) is 33.1. The fraction of sp³-hybridized carbons (Fsp3) is 0.115. The number of hydrogen-bond donors (Lipinski definition) is 0. The number of benzene rings is 14. The van der Waals surface area contributed by atoms with E-state index in [9.17, 15) is 0 Å². The van der Waals surface area contributed by atoms with Crippen LogP contribution in [-0.4, -0.2) is 19.9 Å². The second-order valence-corrected chi connectivity index (χ2v) is 31.4. The molecule has 6 heteroatoms. The van der Waals surface area contributed by atoms with Gasteiger partial charge in [-0.15, -0.1) is 11.3 Å². The summed E-state index contributed by atoms with van der Waals surface area (Å²) in [6.45, 7) is 0. The van der Waals surface area contributed by atoms with Gasteiger partial charge in [0.25, 0.3) is 0 Å². The minimum absolute atomic E-state index is 0.141. The van der Waals surface area contributed by atoms with E-state index >= 15 is 0 Å². The molecule has 0 amide bonds. The van der Waals surface area contributed by atoms with Gasteiger partial charge in [-0.2, -0.15) is 0 Å². The number of aromatic nitrogens is 4. The second kappa shape index (κ2) is 27.2. The molecule has 4 aliphatic carbocycles. The topological polar surface area (TPSA) is 64.7 Å². The Morgan fingerprint density at radius 1 is 0.218 bits per heavy atom. The molecular formula is C104H76N4OS. The predicted molar refractivity (Wildman–Crippen MR) is 457 cm³/mol. The smallest absolute Gasteiger partial charge is 0.160 e. The van der Waals surface area contributed by atoms with E-state index in [0.29, 0.717) is 5.82 Å². The molecule has 2 fully saturated rings. The first-order valence-corrected chi connectivity index (χ1v) is 39.9. The molecule has 0 saturated heterocycles. The Balaban J connectivity index is 0.000000140. The largest absolute Gasteiger partial charge is 0.455 e. The Hall–Kier alpha value is -12.7. The van der Waals surface area contributed by atoms with Crippen molar-refractivity contribution in [1.29, 1.82) is 0 Å². The maximum Gasteiger partial charge on any atom is 0.160 e. The molecule has 0 unspecified atom stereocenters. The number of fused-ring (bicyclic) bond motifs is 16. The average Bonchev–Trinajstić information content (AvgIpc) is 1.56. The molecule has 0 bridgehead atoms. The van der Waals surface area contributed by atoms with Gasteiger partial charge in [0.15, 0.2) is 11.6 Å². The summed E-state index contributed by atoms with van der Waals surface area (Å²) in [5.74, 6) is 1.41. The zero-order valence-electron chi connectivity index (χ0n) is 61.0. The molecule has 2 saturated carbocycles. The summed E-state index contributed by atoms with van der Waals surface area (Å²) >= 11 is 1.89. The summed E-state index contributed by atoms with van der Waals surface area (Å²) in [6, 6.07) is 123. The van der Waals surface area contributed by atoms with Crippen molar-refractivity contribution in [2.24, 2.45) is 0 Å². The first-order valence-electron chi connectivity index (χ1n) is 39.1. The van der Waals surface area contributed by atoms with Gasteiger partial charge in [-0.1, -0.05) is 348 Å². The van der Waals surface area contributed by atoms with Gasteiger partial charge in [0.1, 0.15) is 11.2 Å². The third kappa shape index (κ3) is 11.2.